The number of fused-ring (bicyclic) bond motifs is 1. The van der Waals surface area contributed by atoms with E-state index in [9.17, 15) is 14.0 Å². The van der Waals surface area contributed by atoms with Crippen molar-refractivity contribution >= 4 is 28.4 Å². The fourth-order valence-electron chi connectivity index (χ4n) is 4.02. The molecule has 0 saturated heterocycles. The van der Waals surface area contributed by atoms with Crippen molar-refractivity contribution in [3.8, 4) is 5.69 Å². The number of carbonyl (C=O) groups is 1. The molecule has 2 aromatic carbocycles. The molecular weight excluding hydrogens is 437 g/mol. The molecule has 0 fully saturated rings. The van der Waals surface area contributed by atoms with Crippen LogP contribution in [-0.4, -0.2) is 25.7 Å². The highest BCUT2D eigenvalue weighted by molar-refractivity contribution is 7.99. The summed E-state index contributed by atoms with van der Waals surface area (Å²) < 4.78 is 17.0. The molecule has 170 valence electrons. The van der Waals surface area contributed by atoms with Crippen LogP contribution in [0, 0.1) is 25.6 Å². The van der Waals surface area contributed by atoms with Crippen molar-refractivity contribution in [3.05, 3.63) is 87.7 Å². The number of ketones is 1. The van der Waals surface area contributed by atoms with E-state index in [0.29, 0.717) is 28.2 Å². The Bertz CT molecular complexity index is 1390. The standard InChI is InChI=1S/C26H26FN3O2S/c1-16(2)14-29-25(32)21-7-5-6-8-23(21)28-26(29)33-15-24(31)22-13-17(3)30(18(22)4)20-11-9-19(27)10-12-20/h5-13,16H,14-15H2,1-4H3. The van der Waals surface area contributed by atoms with Gasteiger partial charge in [-0.15, -0.1) is 0 Å². The Morgan fingerprint density at radius 1 is 1.09 bits per heavy atom. The van der Waals surface area contributed by atoms with Crippen LogP contribution >= 0.6 is 11.8 Å². The molecule has 33 heavy (non-hydrogen) atoms. The number of benzene rings is 2. The highest BCUT2D eigenvalue weighted by Crippen LogP contribution is 2.25. The van der Waals surface area contributed by atoms with Gasteiger partial charge in [0, 0.05) is 29.2 Å². The van der Waals surface area contributed by atoms with Crippen molar-refractivity contribution in [1.82, 2.24) is 14.1 Å². The first-order valence-corrected chi connectivity index (χ1v) is 11.8. The Kier molecular flexibility index (Phi) is 6.51. The van der Waals surface area contributed by atoms with Gasteiger partial charge in [-0.1, -0.05) is 37.7 Å². The maximum atomic E-state index is 13.3. The van der Waals surface area contributed by atoms with Crippen LogP contribution < -0.4 is 5.56 Å². The van der Waals surface area contributed by atoms with Gasteiger partial charge in [0.15, 0.2) is 10.9 Å². The third-order valence-corrected chi connectivity index (χ3v) is 6.50. The van der Waals surface area contributed by atoms with Crippen molar-refractivity contribution in [2.45, 2.75) is 39.4 Å². The average molecular weight is 464 g/mol. The third-order valence-electron chi connectivity index (χ3n) is 5.52. The fourth-order valence-corrected chi connectivity index (χ4v) is 4.92. The van der Waals surface area contributed by atoms with Gasteiger partial charge in [0.25, 0.3) is 5.56 Å². The van der Waals surface area contributed by atoms with Gasteiger partial charge < -0.3 is 4.57 Å². The third kappa shape index (κ3) is 4.64. The minimum absolute atomic E-state index is 0.0417. The maximum Gasteiger partial charge on any atom is 0.262 e. The Hall–Kier alpha value is -3.19. The van der Waals surface area contributed by atoms with E-state index in [1.165, 1.54) is 23.9 Å². The lowest BCUT2D eigenvalue weighted by Crippen LogP contribution is -2.25. The lowest BCUT2D eigenvalue weighted by atomic mass is 10.2. The molecule has 0 radical (unpaired) electrons. The van der Waals surface area contributed by atoms with Crippen LogP contribution in [-0.2, 0) is 6.54 Å². The summed E-state index contributed by atoms with van der Waals surface area (Å²) in [5.74, 6) is 0.0795. The number of para-hydroxylation sites is 1. The Morgan fingerprint density at radius 2 is 1.79 bits per heavy atom. The Labute approximate surface area is 196 Å². The molecule has 0 unspecified atom stereocenters. The number of halogens is 1. The highest BCUT2D eigenvalue weighted by Gasteiger charge is 2.19. The maximum absolute atomic E-state index is 13.3. The summed E-state index contributed by atoms with van der Waals surface area (Å²) in [4.78, 5) is 30.9. The lowest BCUT2D eigenvalue weighted by molar-refractivity contribution is 0.102. The second-order valence-electron chi connectivity index (χ2n) is 8.53. The predicted octanol–water partition coefficient (Wildman–Crippen LogP) is 5.57. The summed E-state index contributed by atoms with van der Waals surface area (Å²) in [7, 11) is 0. The SMILES string of the molecule is Cc1cc(C(=O)CSc2nc3ccccc3c(=O)n2CC(C)C)c(C)n1-c1ccc(F)cc1. The number of hydrogen-bond donors (Lipinski definition) is 0. The van der Waals surface area contributed by atoms with Crippen LogP contribution in [0.5, 0.6) is 0 Å². The summed E-state index contributed by atoms with van der Waals surface area (Å²) in [5.41, 5.74) is 3.66. The van der Waals surface area contributed by atoms with Crippen molar-refractivity contribution in [2.24, 2.45) is 5.92 Å². The zero-order chi connectivity index (χ0) is 23.7. The lowest BCUT2D eigenvalue weighted by Gasteiger charge is -2.14. The first kappa shape index (κ1) is 23.0. The summed E-state index contributed by atoms with van der Waals surface area (Å²) in [6.45, 7) is 8.44. The van der Waals surface area contributed by atoms with Gasteiger partial charge >= 0.3 is 0 Å². The van der Waals surface area contributed by atoms with Crippen LogP contribution in [0.3, 0.4) is 0 Å². The van der Waals surface area contributed by atoms with E-state index in [0.717, 1.165) is 17.1 Å². The van der Waals surface area contributed by atoms with Gasteiger partial charge in [0.05, 0.1) is 16.7 Å². The average Bonchev–Trinajstić information content (AvgIpc) is 3.09. The van der Waals surface area contributed by atoms with Crippen LogP contribution in [0.4, 0.5) is 4.39 Å². The van der Waals surface area contributed by atoms with Gasteiger partial charge in [0.2, 0.25) is 0 Å². The Morgan fingerprint density at radius 3 is 2.48 bits per heavy atom. The summed E-state index contributed by atoms with van der Waals surface area (Å²) >= 11 is 1.29. The van der Waals surface area contributed by atoms with E-state index in [4.69, 9.17) is 0 Å². The van der Waals surface area contributed by atoms with Gasteiger partial charge in [-0.25, -0.2) is 9.37 Å². The zero-order valence-electron chi connectivity index (χ0n) is 19.1. The van der Waals surface area contributed by atoms with Gasteiger partial charge in [0.1, 0.15) is 5.82 Å². The molecule has 5 nitrogen and oxygen atoms in total. The Balaban J connectivity index is 1.64. The number of nitrogens with zero attached hydrogens (tertiary/aromatic N) is 3. The molecule has 0 saturated carbocycles. The molecule has 0 aliphatic heterocycles. The van der Waals surface area contributed by atoms with E-state index in [2.05, 4.69) is 4.98 Å². The molecule has 0 aliphatic carbocycles. The highest BCUT2D eigenvalue weighted by atomic mass is 32.2. The number of Topliss-reactive ketones (excluding diaryl/α,β-unsaturated/α-hetero) is 1. The molecule has 0 atom stereocenters. The molecule has 0 spiro atoms. The predicted molar refractivity (Wildman–Crippen MR) is 131 cm³/mol. The summed E-state index contributed by atoms with van der Waals surface area (Å²) in [5, 5.41) is 1.13. The molecule has 4 rings (SSSR count). The monoisotopic (exact) mass is 463 g/mol. The second-order valence-corrected chi connectivity index (χ2v) is 9.47. The molecule has 0 amide bonds. The largest absolute Gasteiger partial charge is 0.318 e. The molecule has 0 N–H and O–H groups in total. The van der Waals surface area contributed by atoms with E-state index >= 15 is 0 Å². The van der Waals surface area contributed by atoms with Crippen molar-refractivity contribution < 1.29 is 9.18 Å². The van der Waals surface area contributed by atoms with Crippen LogP contribution in [0.15, 0.2) is 64.5 Å². The van der Waals surface area contributed by atoms with Crippen LogP contribution in [0.2, 0.25) is 0 Å². The van der Waals surface area contributed by atoms with Gasteiger partial charge in [-0.3, -0.25) is 14.2 Å². The van der Waals surface area contributed by atoms with E-state index in [1.54, 1.807) is 22.8 Å². The smallest absolute Gasteiger partial charge is 0.262 e. The number of hydrogen-bond acceptors (Lipinski definition) is 4. The summed E-state index contributed by atoms with van der Waals surface area (Å²) in [6, 6.07) is 15.4. The topological polar surface area (TPSA) is 56.9 Å². The molecular formula is C26H26FN3O2S. The molecule has 0 bridgehead atoms. The molecule has 2 aromatic heterocycles. The number of aryl methyl sites for hydroxylation is 1. The normalized spacial score (nSPS) is 11.5. The number of aromatic nitrogens is 3. The van der Waals surface area contributed by atoms with Crippen molar-refractivity contribution in [1.29, 1.82) is 0 Å². The number of carbonyl (C=O) groups excluding carboxylic acids is 1. The second kappa shape index (κ2) is 9.35. The van der Waals surface area contributed by atoms with Crippen molar-refractivity contribution in [3.63, 3.8) is 0 Å². The van der Waals surface area contributed by atoms with E-state index in [1.807, 2.05) is 56.5 Å². The molecule has 2 heterocycles. The number of rotatable bonds is 7. The van der Waals surface area contributed by atoms with Crippen molar-refractivity contribution in [2.75, 3.05) is 5.75 Å². The molecule has 7 heteroatoms. The minimum Gasteiger partial charge on any atom is -0.318 e. The fraction of sp³-hybridized carbons (Fsp3) is 0.269. The van der Waals surface area contributed by atoms with Gasteiger partial charge in [-0.05, 0) is 62.2 Å². The number of thioether (sulfide) groups is 1. The quantitative estimate of drug-likeness (QED) is 0.204. The first-order valence-electron chi connectivity index (χ1n) is 10.9. The van der Waals surface area contributed by atoms with Gasteiger partial charge in [-0.2, -0.15) is 0 Å². The van der Waals surface area contributed by atoms with Crippen LogP contribution in [0.25, 0.3) is 16.6 Å². The van der Waals surface area contributed by atoms with Crippen LogP contribution in [0.1, 0.15) is 35.6 Å². The molecule has 4 aromatic rings. The zero-order valence-corrected chi connectivity index (χ0v) is 19.9. The molecule has 0 aliphatic rings. The summed E-state index contributed by atoms with van der Waals surface area (Å²) in [6.07, 6.45) is 0. The first-order chi connectivity index (χ1) is 15.8. The van der Waals surface area contributed by atoms with E-state index in [-0.39, 0.29) is 28.8 Å². The van der Waals surface area contributed by atoms with E-state index < -0.39 is 0 Å². The minimum atomic E-state index is -0.302.